The maximum absolute atomic E-state index is 13.2. The predicted octanol–water partition coefficient (Wildman–Crippen LogP) is 2.55. The van der Waals surface area contributed by atoms with Gasteiger partial charge in [-0.3, -0.25) is 0 Å². The summed E-state index contributed by atoms with van der Waals surface area (Å²) in [6.45, 7) is 1.81. The topological polar surface area (TPSA) is 88.2 Å². The quantitative estimate of drug-likeness (QED) is 0.790. The molecule has 0 fully saturated rings. The highest BCUT2D eigenvalue weighted by Crippen LogP contribution is 2.24. The molecule has 0 saturated heterocycles. The Morgan fingerprint density at radius 1 is 1.42 bits per heavy atom. The highest BCUT2D eigenvalue weighted by molar-refractivity contribution is 5.89. The molecular formula is C13H12FN3O2. The smallest absolute Gasteiger partial charge is 0.337 e. The zero-order chi connectivity index (χ0) is 14.0. The molecule has 0 spiro atoms. The number of carbonyl (C=O) groups is 1. The van der Waals surface area contributed by atoms with E-state index in [2.05, 4.69) is 10.3 Å². The molecule has 0 saturated carbocycles. The summed E-state index contributed by atoms with van der Waals surface area (Å²) in [6.07, 6.45) is 1.19. The zero-order valence-electron chi connectivity index (χ0n) is 10.1. The molecule has 0 aliphatic rings. The van der Waals surface area contributed by atoms with Gasteiger partial charge in [0.15, 0.2) is 5.82 Å². The highest BCUT2D eigenvalue weighted by atomic mass is 19.1. The maximum atomic E-state index is 13.2. The standard InChI is InChI=1S/C13H12FN3O2/c1-7-2-3-9(14)5-11(7)17-12-10(15)4-8(6-16-12)13(18)19/h2-6H,15H2,1H3,(H,16,17)(H,18,19). The Labute approximate surface area is 108 Å². The number of halogens is 1. The zero-order valence-corrected chi connectivity index (χ0v) is 10.1. The SMILES string of the molecule is Cc1ccc(F)cc1Nc1ncc(C(=O)O)cc1N. The highest BCUT2D eigenvalue weighted by Gasteiger charge is 2.09. The van der Waals surface area contributed by atoms with Crippen LogP contribution in [0.15, 0.2) is 30.5 Å². The summed E-state index contributed by atoms with van der Waals surface area (Å²) in [5, 5.41) is 11.7. The minimum Gasteiger partial charge on any atom is -0.478 e. The summed E-state index contributed by atoms with van der Waals surface area (Å²) in [6, 6.07) is 5.60. The van der Waals surface area contributed by atoms with Crippen LogP contribution in [0.1, 0.15) is 15.9 Å². The molecule has 0 bridgehead atoms. The second-order valence-electron chi connectivity index (χ2n) is 4.05. The van der Waals surface area contributed by atoms with Gasteiger partial charge in [-0.25, -0.2) is 14.2 Å². The number of pyridine rings is 1. The van der Waals surface area contributed by atoms with Gasteiger partial charge in [-0.15, -0.1) is 0 Å². The Bertz CT molecular complexity index is 644. The molecule has 4 N–H and O–H groups in total. The van der Waals surface area contributed by atoms with Crippen LogP contribution < -0.4 is 11.1 Å². The molecule has 0 atom stereocenters. The van der Waals surface area contributed by atoms with Crippen molar-refractivity contribution in [1.29, 1.82) is 0 Å². The largest absolute Gasteiger partial charge is 0.478 e. The van der Waals surface area contributed by atoms with Crippen LogP contribution in [0.25, 0.3) is 0 Å². The molecule has 5 nitrogen and oxygen atoms in total. The molecule has 0 radical (unpaired) electrons. The molecule has 19 heavy (non-hydrogen) atoms. The first-order chi connectivity index (χ1) is 8.97. The van der Waals surface area contributed by atoms with E-state index in [0.717, 1.165) is 5.56 Å². The monoisotopic (exact) mass is 261 g/mol. The molecule has 98 valence electrons. The average molecular weight is 261 g/mol. The molecule has 1 heterocycles. The number of nitrogen functional groups attached to an aromatic ring is 1. The molecule has 1 aromatic heterocycles. The minimum atomic E-state index is -1.10. The summed E-state index contributed by atoms with van der Waals surface area (Å²) in [7, 11) is 0. The molecule has 0 aliphatic carbocycles. The number of aryl methyl sites for hydroxylation is 1. The molecule has 2 rings (SSSR count). The van der Waals surface area contributed by atoms with Crippen molar-refractivity contribution in [3.05, 3.63) is 47.4 Å². The number of carboxylic acids is 1. The summed E-state index contributed by atoms with van der Waals surface area (Å²) in [4.78, 5) is 14.7. The Kier molecular flexibility index (Phi) is 3.33. The van der Waals surface area contributed by atoms with Crippen molar-refractivity contribution in [2.45, 2.75) is 6.92 Å². The van der Waals surface area contributed by atoms with Gasteiger partial charge >= 0.3 is 5.97 Å². The van der Waals surface area contributed by atoms with Crippen molar-refractivity contribution in [2.24, 2.45) is 0 Å². The fourth-order valence-electron chi connectivity index (χ4n) is 1.56. The van der Waals surface area contributed by atoms with Gasteiger partial charge in [0.2, 0.25) is 0 Å². The summed E-state index contributed by atoms with van der Waals surface area (Å²) in [5.74, 6) is -1.19. The number of hydrogen-bond donors (Lipinski definition) is 3. The van der Waals surface area contributed by atoms with Crippen molar-refractivity contribution in [2.75, 3.05) is 11.1 Å². The number of benzene rings is 1. The lowest BCUT2D eigenvalue weighted by Crippen LogP contribution is -2.04. The van der Waals surface area contributed by atoms with E-state index >= 15 is 0 Å². The molecule has 0 aliphatic heterocycles. The van der Waals surface area contributed by atoms with Crippen LogP contribution in [-0.4, -0.2) is 16.1 Å². The summed E-state index contributed by atoms with van der Waals surface area (Å²) < 4.78 is 13.2. The van der Waals surface area contributed by atoms with E-state index in [4.69, 9.17) is 10.8 Å². The van der Waals surface area contributed by atoms with Crippen LogP contribution >= 0.6 is 0 Å². The van der Waals surface area contributed by atoms with Crippen molar-refractivity contribution >= 4 is 23.2 Å². The van der Waals surface area contributed by atoms with Crippen LogP contribution in [0.4, 0.5) is 21.6 Å². The van der Waals surface area contributed by atoms with Gasteiger partial charge in [0, 0.05) is 11.9 Å². The third kappa shape index (κ3) is 2.79. The Morgan fingerprint density at radius 2 is 2.16 bits per heavy atom. The molecule has 0 amide bonds. The molecule has 0 unspecified atom stereocenters. The van der Waals surface area contributed by atoms with E-state index in [-0.39, 0.29) is 17.1 Å². The van der Waals surface area contributed by atoms with Crippen molar-refractivity contribution < 1.29 is 14.3 Å². The summed E-state index contributed by atoms with van der Waals surface area (Å²) in [5.41, 5.74) is 7.25. The predicted molar refractivity (Wildman–Crippen MR) is 70.0 cm³/mol. The third-order valence-corrected chi connectivity index (χ3v) is 2.62. The van der Waals surface area contributed by atoms with Crippen LogP contribution in [0, 0.1) is 12.7 Å². The minimum absolute atomic E-state index is 0.000913. The van der Waals surface area contributed by atoms with Crippen molar-refractivity contribution in [3.63, 3.8) is 0 Å². The molecule has 2 aromatic rings. The lowest BCUT2D eigenvalue weighted by atomic mass is 10.2. The average Bonchev–Trinajstić information content (AvgIpc) is 2.36. The van der Waals surface area contributed by atoms with Crippen LogP contribution in [0.2, 0.25) is 0 Å². The van der Waals surface area contributed by atoms with E-state index in [1.54, 1.807) is 6.07 Å². The maximum Gasteiger partial charge on any atom is 0.337 e. The van der Waals surface area contributed by atoms with E-state index in [9.17, 15) is 9.18 Å². The number of nitrogens with one attached hydrogen (secondary N) is 1. The Morgan fingerprint density at radius 3 is 2.79 bits per heavy atom. The molecule has 1 aromatic carbocycles. The lowest BCUT2D eigenvalue weighted by Gasteiger charge is -2.11. The fraction of sp³-hybridized carbons (Fsp3) is 0.0769. The molecular weight excluding hydrogens is 249 g/mol. The second kappa shape index (κ2) is 4.93. The number of carboxylic acid groups (broad SMARTS) is 1. The van der Waals surface area contributed by atoms with Crippen LogP contribution in [-0.2, 0) is 0 Å². The fourth-order valence-corrected chi connectivity index (χ4v) is 1.56. The van der Waals surface area contributed by atoms with E-state index in [0.29, 0.717) is 11.5 Å². The van der Waals surface area contributed by atoms with E-state index in [1.165, 1.54) is 24.4 Å². The number of nitrogens with zero attached hydrogens (tertiary/aromatic N) is 1. The number of hydrogen-bond acceptors (Lipinski definition) is 4. The Balaban J connectivity index is 2.33. The van der Waals surface area contributed by atoms with Gasteiger partial charge in [-0.1, -0.05) is 6.07 Å². The van der Waals surface area contributed by atoms with Crippen LogP contribution in [0.5, 0.6) is 0 Å². The van der Waals surface area contributed by atoms with Crippen molar-refractivity contribution in [1.82, 2.24) is 4.98 Å². The van der Waals surface area contributed by atoms with E-state index < -0.39 is 5.97 Å². The first-order valence-corrected chi connectivity index (χ1v) is 5.49. The van der Waals surface area contributed by atoms with Gasteiger partial charge in [-0.05, 0) is 30.7 Å². The third-order valence-electron chi connectivity index (χ3n) is 2.62. The number of rotatable bonds is 3. The number of nitrogens with two attached hydrogens (primary N) is 1. The van der Waals surface area contributed by atoms with Gasteiger partial charge in [0.1, 0.15) is 5.82 Å². The van der Waals surface area contributed by atoms with Gasteiger partial charge in [0.05, 0.1) is 11.3 Å². The normalized spacial score (nSPS) is 10.2. The first-order valence-electron chi connectivity index (χ1n) is 5.49. The lowest BCUT2D eigenvalue weighted by molar-refractivity contribution is 0.0696. The number of anilines is 3. The van der Waals surface area contributed by atoms with Crippen molar-refractivity contribution in [3.8, 4) is 0 Å². The number of aromatic carboxylic acids is 1. The molecule has 6 heteroatoms. The number of aromatic nitrogens is 1. The van der Waals surface area contributed by atoms with Crippen LogP contribution in [0.3, 0.4) is 0 Å². The first kappa shape index (κ1) is 12.8. The summed E-state index contributed by atoms with van der Waals surface area (Å²) >= 11 is 0. The van der Waals surface area contributed by atoms with Gasteiger partial charge < -0.3 is 16.2 Å². The Hall–Kier alpha value is -2.63. The van der Waals surface area contributed by atoms with E-state index in [1.807, 2.05) is 6.92 Å². The second-order valence-corrected chi connectivity index (χ2v) is 4.05. The van der Waals surface area contributed by atoms with Gasteiger partial charge in [-0.2, -0.15) is 0 Å². The van der Waals surface area contributed by atoms with Gasteiger partial charge in [0.25, 0.3) is 0 Å².